The van der Waals surface area contributed by atoms with Crippen molar-refractivity contribution in [1.29, 1.82) is 5.26 Å². The Labute approximate surface area is 144 Å². The van der Waals surface area contributed by atoms with Crippen LogP contribution >= 0.6 is 11.6 Å². The normalized spacial score (nSPS) is 11.3. The molecule has 25 heavy (non-hydrogen) atoms. The molecule has 0 unspecified atom stereocenters. The van der Waals surface area contributed by atoms with E-state index in [9.17, 15) is 18.0 Å². The summed E-state index contributed by atoms with van der Waals surface area (Å²) in [5.41, 5.74) is -0.306. The number of amides is 1. The van der Waals surface area contributed by atoms with Crippen LogP contribution in [0.4, 0.5) is 18.9 Å². The molecular formula is C16H8ClF3N4O. The molecule has 0 aliphatic heterocycles. The summed E-state index contributed by atoms with van der Waals surface area (Å²) < 4.78 is 39.5. The fraction of sp³-hybridized carbons (Fsp3) is 0.0625. The second-order valence-electron chi connectivity index (χ2n) is 5.08. The van der Waals surface area contributed by atoms with Gasteiger partial charge in [-0.25, -0.2) is 4.98 Å². The predicted octanol–water partition coefficient (Wildman–Crippen LogP) is 4.13. The zero-order valence-electron chi connectivity index (χ0n) is 12.3. The predicted molar refractivity (Wildman–Crippen MR) is 84.3 cm³/mol. The molecule has 1 amide bonds. The van der Waals surface area contributed by atoms with Crippen molar-refractivity contribution in [1.82, 2.24) is 9.38 Å². The Morgan fingerprint density at radius 1 is 1.28 bits per heavy atom. The third-order valence-electron chi connectivity index (χ3n) is 3.32. The number of rotatable bonds is 2. The number of alkyl halides is 3. The highest BCUT2D eigenvalue weighted by molar-refractivity contribution is 6.33. The molecular weight excluding hydrogens is 357 g/mol. The average Bonchev–Trinajstić information content (AvgIpc) is 2.99. The molecule has 0 saturated carbocycles. The Hall–Kier alpha value is -3.05. The van der Waals surface area contributed by atoms with Crippen molar-refractivity contribution in [2.24, 2.45) is 0 Å². The standard InChI is InChI=1S/C16H8ClF3N4O/c17-12-5-10(16(18,19)20)7-24-8-13(23-14(12)24)15(25)22-11-3-1-2-9(4-11)6-21/h1-5,7-8H,(H,22,25). The van der Waals surface area contributed by atoms with Gasteiger partial charge in [0.1, 0.15) is 5.69 Å². The molecule has 1 aromatic carbocycles. The number of nitrogens with one attached hydrogen (secondary N) is 1. The maximum absolute atomic E-state index is 12.8. The Bertz CT molecular complexity index is 1020. The topological polar surface area (TPSA) is 70.2 Å². The van der Waals surface area contributed by atoms with Crippen LogP contribution in [0, 0.1) is 11.3 Å². The molecule has 1 N–H and O–H groups in total. The summed E-state index contributed by atoms with van der Waals surface area (Å²) in [6.07, 6.45) is -2.61. The third-order valence-corrected chi connectivity index (χ3v) is 3.59. The Balaban J connectivity index is 1.94. The average molecular weight is 365 g/mol. The molecule has 0 radical (unpaired) electrons. The van der Waals surface area contributed by atoms with Crippen molar-refractivity contribution in [3.8, 4) is 6.07 Å². The van der Waals surface area contributed by atoms with Gasteiger partial charge in [0.2, 0.25) is 0 Å². The first-order valence-electron chi connectivity index (χ1n) is 6.85. The minimum Gasteiger partial charge on any atom is -0.321 e. The van der Waals surface area contributed by atoms with E-state index < -0.39 is 17.6 Å². The molecule has 0 aliphatic carbocycles. The molecule has 0 bridgehead atoms. The number of imidazole rings is 1. The van der Waals surface area contributed by atoms with Gasteiger partial charge in [0.15, 0.2) is 5.65 Å². The summed E-state index contributed by atoms with van der Waals surface area (Å²) in [5.74, 6) is -0.636. The molecule has 0 atom stereocenters. The van der Waals surface area contributed by atoms with E-state index in [-0.39, 0.29) is 16.4 Å². The SMILES string of the molecule is N#Cc1cccc(NC(=O)c2cn3cc(C(F)(F)F)cc(Cl)c3n2)c1. The Kier molecular flexibility index (Phi) is 4.10. The number of benzene rings is 1. The van der Waals surface area contributed by atoms with E-state index in [0.29, 0.717) is 11.3 Å². The van der Waals surface area contributed by atoms with Gasteiger partial charge in [-0.1, -0.05) is 17.7 Å². The van der Waals surface area contributed by atoms with Crippen molar-refractivity contribution in [2.45, 2.75) is 6.18 Å². The summed E-state index contributed by atoms with van der Waals surface area (Å²) in [6, 6.07) is 8.88. The van der Waals surface area contributed by atoms with Crippen molar-refractivity contribution in [3.63, 3.8) is 0 Å². The van der Waals surface area contributed by atoms with Crippen LogP contribution in [0.2, 0.25) is 5.02 Å². The van der Waals surface area contributed by atoms with Gasteiger partial charge in [0.05, 0.1) is 22.2 Å². The zero-order valence-corrected chi connectivity index (χ0v) is 13.1. The lowest BCUT2D eigenvalue weighted by Gasteiger charge is -2.07. The molecule has 0 aliphatic rings. The minimum atomic E-state index is -4.57. The molecule has 2 heterocycles. The Morgan fingerprint density at radius 3 is 2.72 bits per heavy atom. The highest BCUT2D eigenvalue weighted by Crippen LogP contribution is 2.32. The summed E-state index contributed by atoms with van der Waals surface area (Å²) in [6.45, 7) is 0. The number of fused-ring (bicyclic) bond motifs is 1. The summed E-state index contributed by atoms with van der Waals surface area (Å²) in [5, 5.41) is 11.2. The largest absolute Gasteiger partial charge is 0.417 e. The fourth-order valence-electron chi connectivity index (χ4n) is 2.18. The van der Waals surface area contributed by atoms with Crippen LogP contribution in [0.3, 0.4) is 0 Å². The maximum Gasteiger partial charge on any atom is 0.417 e. The van der Waals surface area contributed by atoms with Crippen LogP contribution in [0.5, 0.6) is 0 Å². The van der Waals surface area contributed by atoms with Crippen LogP contribution < -0.4 is 5.32 Å². The van der Waals surface area contributed by atoms with Gasteiger partial charge in [-0.15, -0.1) is 0 Å². The van der Waals surface area contributed by atoms with E-state index >= 15 is 0 Å². The van der Waals surface area contributed by atoms with Crippen molar-refractivity contribution in [2.75, 3.05) is 5.32 Å². The number of hydrogen-bond acceptors (Lipinski definition) is 3. The number of pyridine rings is 1. The number of aromatic nitrogens is 2. The van der Waals surface area contributed by atoms with Gasteiger partial charge in [-0.2, -0.15) is 18.4 Å². The van der Waals surface area contributed by atoms with Gasteiger partial charge >= 0.3 is 6.18 Å². The van der Waals surface area contributed by atoms with E-state index in [0.717, 1.165) is 22.9 Å². The first kappa shape index (κ1) is 16.8. The summed E-state index contributed by atoms with van der Waals surface area (Å²) >= 11 is 5.83. The molecule has 0 spiro atoms. The van der Waals surface area contributed by atoms with E-state index in [2.05, 4.69) is 10.3 Å². The molecule has 3 aromatic rings. The van der Waals surface area contributed by atoms with Gasteiger partial charge in [0.25, 0.3) is 5.91 Å². The lowest BCUT2D eigenvalue weighted by molar-refractivity contribution is -0.137. The Morgan fingerprint density at radius 2 is 2.04 bits per heavy atom. The van der Waals surface area contributed by atoms with E-state index in [4.69, 9.17) is 16.9 Å². The minimum absolute atomic E-state index is 0.0330. The second-order valence-corrected chi connectivity index (χ2v) is 5.49. The molecule has 2 aromatic heterocycles. The number of carbonyl (C=O) groups excluding carboxylic acids is 1. The molecule has 5 nitrogen and oxygen atoms in total. The van der Waals surface area contributed by atoms with Gasteiger partial charge < -0.3 is 9.72 Å². The number of anilines is 1. The van der Waals surface area contributed by atoms with Crippen LogP contribution in [0.15, 0.2) is 42.7 Å². The second kappa shape index (κ2) is 6.11. The van der Waals surface area contributed by atoms with Gasteiger partial charge in [-0.3, -0.25) is 4.79 Å². The monoisotopic (exact) mass is 364 g/mol. The van der Waals surface area contributed by atoms with Crippen LogP contribution in [-0.4, -0.2) is 15.3 Å². The van der Waals surface area contributed by atoms with Crippen LogP contribution in [-0.2, 0) is 6.18 Å². The molecule has 3 rings (SSSR count). The number of nitrogens with zero attached hydrogens (tertiary/aromatic N) is 3. The lowest BCUT2D eigenvalue weighted by Crippen LogP contribution is -2.12. The summed E-state index contributed by atoms with van der Waals surface area (Å²) in [7, 11) is 0. The number of nitriles is 1. The maximum atomic E-state index is 12.8. The lowest BCUT2D eigenvalue weighted by atomic mass is 10.2. The highest BCUT2D eigenvalue weighted by Gasteiger charge is 2.32. The third kappa shape index (κ3) is 3.41. The smallest absolute Gasteiger partial charge is 0.321 e. The molecule has 9 heteroatoms. The zero-order chi connectivity index (χ0) is 18.2. The van der Waals surface area contributed by atoms with Gasteiger partial charge in [-0.05, 0) is 24.3 Å². The first-order valence-corrected chi connectivity index (χ1v) is 7.22. The number of carbonyl (C=O) groups is 1. The van der Waals surface area contributed by atoms with Crippen molar-refractivity contribution < 1.29 is 18.0 Å². The van der Waals surface area contributed by atoms with Crippen molar-refractivity contribution in [3.05, 3.63) is 64.6 Å². The highest BCUT2D eigenvalue weighted by atomic mass is 35.5. The van der Waals surface area contributed by atoms with Crippen molar-refractivity contribution >= 4 is 28.8 Å². The number of halogens is 4. The van der Waals surface area contributed by atoms with E-state index in [1.165, 1.54) is 6.07 Å². The summed E-state index contributed by atoms with van der Waals surface area (Å²) in [4.78, 5) is 16.2. The van der Waals surface area contributed by atoms with E-state index in [1.807, 2.05) is 6.07 Å². The van der Waals surface area contributed by atoms with Crippen LogP contribution in [0.1, 0.15) is 21.6 Å². The quantitative estimate of drug-likeness (QED) is 0.743. The van der Waals surface area contributed by atoms with E-state index in [1.54, 1.807) is 18.2 Å². The fourth-order valence-corrected chi connectivity index (χ4v) is 2.44. The molecule has 126 valence electrons. The van der Waals surface area contributed by atoms with Crippen LogP contribution in [0.25, 0.3) is 5.65 Å². The first-order chi connectivity index (χ1) is 11.8. The van der Waals surface area contributed by atoms with Gasteiger partial charge in [0, 0.05) is 18.1 Å². The number of hydrogen-bond donors (Lipinski definition) is 1. The molecule has 0 fully saturated rings. The molecule has 0 saturated heterocycles.